The van der Waals surface area contributed by atoms with Gasteiger partial charge in [0, 0.05) is 49.4 Å². The fraction of sp³-hybridized carbons (Fsp3) is 0.320. The molecule has 2 aliphatic heterocycles. The number of aromatic nitrogens is 2. The topological polar surface area (TPSA) is 168 Å². The van der Waals surface area contributed by atoms with Crippen LogP contribution in [0.1, 0.15) is 64.5 Å². The van der Waals surface area contributed by atoms with E-state index in [0.717, 1.165) is 50.9 Å². The molecule has 2 aliphatic rings. The number of fused-ring (bicyclic) bond motifs is 1. The largest absolute Gasteiger partial charge is 0.506 e. The number of aromatic hydroxyl groups is 1. The maximum absolute atomic E-state index is 14.0. The first-order valence-corrected chi connectivity index (χ1v) is 21.5. The summed E-state index contributed by atoms with van der Waals surface area (Å²) in [4.78, 5) is 50.9. The van der Waals surface area contributed by atoms with Gasteiger partial charge in [0.05, 0.1) is 18.2 Å². The second-order valence-corrected chi connectivity index (χ2v) is 16.6. The molecule has 0 bridgehead atoms. The van der Waals surface area contributed by atoms with Crippen molar-refractivity contribution in [3.05, 3.63) is 166 Å². The van der Waals surface area contributed by atoms with Gasteiger partial charge in [0.25, 0.3) is 5.91 Å². The summed E-state index contributed by atoms with van der Waals surface area (Å²) in [6.07, 6.45) is 4.11. The summed E-state index contributed by atoms with van der Waals surface area (Å²) in [5.41, 5.74) is 2.31. The Hall–Kier alpha value is -6.18. The number of aromatic amines is 1. The minimum absolute atomic E-state index is 0.0538. The lowest BCUT2D eigenvalue weighted by Crippen LogP contribution is -2.41. The van der Waals surface area contributed by atoms with Crippen LogP contribution in [0, 0.1) is 11.8 Å². The number of carbonyl (C=O) groups excluding carboxylic acids is 2. The van der Waals surface area contributed by atoms with Crippen LogP contribution < -0.4 is 10.9 Å². The minimum atomic E-state index is -2.06. The van der Waals surface area contributed by atoms with Crippen LogP contribution in [0.3, 0.4) is 0 Å². The van der Waals surface area contributed by atoms with Crippen molar-refractivity contribution in [3.8, 4) is 16.9 Å². The molecule has 8 rings (SSSR count). The van der Waals surface area contributed by atoms with Crippen LogP contribution in [-0.4, -0.2) is 92.8 Å². The zero-order chi connectivity index (χ0) is 43.1. The minimum Gasteiger partial charge on any atom is -0.506 e. The molecule has 1 amide bonds. The number of H-pyrrole nitrogens is 1. The first kappa shape index (κ1) is 42.5. The summed E-state index contributed by atoms with van der Waals surface area (Å²) in [5.74, 6) is -0.452. The number of rotatable bonds is 14. The number of ether oxygens (including phenoxy) is 1. The van der Waals surface area contributed by atoms with Crippen LogP contribution in [0.5, 0.6) is 5.75 Å². The van der Waals surface area contributed by atoms with Crippen molar-refractivity contribution in [1.29, 1.82) is 0 Å². The van der Waals surface area contributed by atoms with Gasteiger partial charge in [-0.15, -0.1) is 0 Å². The van der Waals surface area contributed by atoms with Crippen molar-refractivity contribution in [2.24, 2.45) is 11.8 Å². The molecule has 4 aromatic carbocycles. The fourth-order valence-electron chi connectivity index (χ4n) is 8.77. The summed E-state index contributed by atoms with van der Waals surface area (Å²) in [6, 6.07) is 36.1. The van der Waals surface area contributed by atoms with E-state index in [9.17, 15) is 29.7 Å². The number of hydrogen-bond acceptors (Lipinski definition) is 10. The maximum Gasteiger partial charge on any atom is 0.347 e. The molecule has 2 saturated heterocycles. The molecule has 12 heteroatoms. The molecule has 2 fully saturated rings. The molecule has 6 aromatic rings. The monoisotopic (exact) mass is 835 g/mol. The number of hydrogen-bond donors (Lipinski definition) is 5. The predicted octanol–water partition coefficient (Wildman–Crippen LogP) is 6.16. The maximum atomic E-state index is 14.0. The third kappa shape index (κ3) is 9.64. The normalized spacial score (nSPS) is 16.8. The summed E-state index contributed by atoms with van der Waals surface area (Å²) >= 11 is 0. The second-order valence-electron chi connectivity index (χ2n) is 16.6. The molecule has 4 heterocycles. The molecule has 0 aliphatic carbocycles. The Morgan fingerprint density at radius 2 is 1.50 bits per heavy atom. The lowest BCUT2D eigenvalue weighted by Gasteiger charge is -2.33. The highest BCUT2D eigenvalue weighted by Crippen LogP contribution is 2.35. The van der Waals surface area contributed by atoms with E-state index in [-0.39, 0.29) is 36.3 Å². The predicted molar refractivity (Wildman–Crippen MR) is 237 cm³/mol. The molecule has 1 unspecified atom stereocenters. The molecule has 320 valence electrons. The Morgan fingerprint density at radius 1 is 0.806 bits per heavy atom. The zero-order valence-electron chi connectivity index (χ0n) is 34.7. The van der Waals surface area contributed by atoms with Gasteiger partial charge in [0.2, 0.25) is 11.2 Å². The number of aliphatic hydroxyl groups excluding tert-OH is 1. The van der Waals surface area contributed by atoms with Crippen molar-refractivity contribution >= 4 is 22.8 Å². The van der Waals surface area contributed by atoms with E-state index in [1.54, 1.807) is 66.9 Å². The molecule has 0 spiro atoms. The number of nitrogens with one attached hydrogen (secondary N) is 2. The lowest BCUT2D eigenvalue weighted by molar-refractivity contribution is -0.164. The van der Waals surface area contributed by atoms with Crippen molar-refractivity contribution in [3.63, 3.8) is 0 Å². The number of phenolic OH excluding ortho intramolecular Hbond substituents is 1. The van der Waals surface area contributed by atoms with Gasteiger partial charge in [-0.1, -0.05) is 84.9 Å². The van der Waals surface area contributed by atoms with Crippen LogP contribution in [0.25, 0.3) is 22.0 Å². The van der Waals surface area contributed by atoms with E-state index in [1.165, 1.54) is 17.7 Å². The first-order chi connectivity index (χ1) is 30.2. The van der Waals surface area contributed by atoms with Gasteiger partial charge in [0.15, 0.2) is 0 Å². The summed E-state index contributed by atoms with van der Waals surface area (Å²) in [7, 11) is 0. The lowest BCUT2D eigenvalue weighted by atomic mass is 9.85. The molecular formula is C50H53N5O7. The Kier molecular flexibility index (Phi) is 13.2. The molecule has 12 nitrogen and oxygen atoms in total. The van der Waals surface area contributed by atoms with Crippen LogP contribution >= 0.6 is 0 Å². The van der Waals surface area contributed by atoms with E-state index in [4.69, 9.17) is 4.74 Å². The van der Waals surface area contributed by atoms with Crippen LogP contribution in [0.15, 0.2) is 132 Å². The highest BCUT2D eigenvalue weighted by atomic mass is 16.5. The van der Waals surface area contributed by atoms with Gasteiger partial charge in [-0.3, -0.25) is 19.5 Å². The highest BCUT2D eigenvalue weighted by Gasteiger charge is 2.42. The molecule has 2 atom stereocenters. The number of pyridine rings is 2. The van der Waals surface area contributed by atoms with Crippen LogP contribution in [0.4, 0.5) is 0 Å². The van der Waals surface area contributed by atoms with E-state index < -0.39 is 17.7 Å². The smallest absolute Gasteiger partial charge is 0.347 e. The number of benzene rings is 4. The van der Waals surface area contributed by atoms with E-state index in [2.05, 4.69) is 44.5 Å². The Balaban J connectivity index is 0.875. The van der Waals surface area contributed by atoms with Crippen molar-refractivity contribution in [2.75, 3.05) is 45.9 Å². The second kappa shape index (κ2) is 19.3. The summed E-state index contributed by atoms with van der Waals surface area (Å²) in [6.45, 7) is 5.01. The number of carbonyl (C=O) groups is 2. The van der Waals surface area contributed by atoms with E-state index in [1.807, 2.05) is 29.2 Å². The SMILES string of the molecule is O=C(c1cc(-c2cccc(C(O)(C(=O)OCC3CCN(Cc4ccccc4)CC3)c3ccccc3)c2)ccn1)N1CCC(CNC[C@H](O)c2ccc(O)c3[nH]c(=O)ccc23)CC1. The average Bonchev–Trinajstić information content (AvgIpc) is 3.32. The van der Waals surface area contributed by atoms with Gasteiger partial charge >= 0.3 is 5.97 Å². The van der Waals surface area contributed by atoms with Crippen molar-refractivity contribution < 1.29 is 29.6 Å². The van der Waals surface area contributed by atoms with Gasteiger partial charge in [-0.2, -0.15) is 0 Å². The summed E-state index contributed by atoms with van der Waals surface area (Å²) in [5, 5.41) is 37.5. The first-order valence-electron chi connectivity index (χ1n) is 21.5. The number of phenols is 1. The summed E-state index contributed by atoms with van der Waals surface area (Å²) < 4.78 is 5.95. The van der Waals surface area contributed by atoms with Gasteiger partial charge in [0.1, 0.15) is 11.4 Å². The van der Waals surface area contributed by atoms with Crippen LogP contribution in [-0.2, 0) is 21.7 Å². The third-order valence-electron chi connectivity index (χ3n) is 12.4. The number of piperidine rings is 2. The van der Waals surface area contributed by atoms with Gasteiger partial charge < -0.3 is 35.3 Å². The molecular weight excluding hydrogens is 783 g/mol. The van der Waals surface area contributed by atoms with Crippen LogP contribution in [0.2, 0.25) is 0 Å². The number of aliphatic hydroxyl groups is 2. The molecule has 5 N–H and O–H groups in total. The zero-order valence-corrected chi connectivity index (χ0v) is 34.7. The quantitative estimate of drug-likeness (QED) is 0.0802. The van der Waals surface area contributed by atoms with Gasteiger partial charge in [-0.25, -0.2) is 4.79 Å². The highest BCUT2D eigenvalue weighted by molar-refractivity contribution is 5.94. The molecule has 62 heavy (non-hydrogen) atoms. The van der Waals surface area contributed by atoms with E-state index >= 15 is 0 Å². The molecule has 0 saturated carbocycles. The van der Waals surface area contributed by atoms with Crippen molar-refractivity contribution in [1.82, 2.24) is 25.1 Å². The Labute approximate surface area is 360 Å². The number of amides is 1. The molecule has 0 radical (unpaired) electrons. The third-order valence-corrected chi connectivity index (χ3v) is 12.4. The number of nitrogens with zero attached hydrogens (tertiary/aromatic N) is 3. The number of likely N-dealkylation sites (tertiary alicyclic amines) is 2. The Bertz CT molecular complexity index is 2540. The van der Waals surface area contributed by atoms with Crippen molar-refractivity contribution in [2.45, 2.75) is 43.9 Å². The molecule has 2 aromatic heterocycles. The van der Waals surface area contributed by atoms with E-state index in [0.29, 0.717) is 64.4 Å². The average molecular weight is 836 g/mol. The standard InChI is InChI=1S/C50H53N5O7/c56-44-16-14-41(42-15-17-46(58)53-47(42)44)45(57)31-51-30-34-21-26-55(27-22-34)48(59)43-29-38(18-23-52-43)37-10-7-13-40(28-37)50(61,39-11-5-2-6-12-39)49(60)62-33-36-19-24-54(25-20-36)32-35-8-3-1-4-9-35/h1-18,23,28-29,34,36,45,51,56-57,61H,19-22,24-27,30-33H2,(H,53,58)/t45-,50?/m0/s1. The number of esters is 1. The van der Waals surface area contributed by atoms with Gasteiger partial charge in [-0.05, 0) is 115 Å². The Morgan fingerprint density at radius 3 is 2.26 bits per heavy atom. The fourth-order valence-corrected chi connectivity index (χ4v) is 8.77.